The van der Waals surface area contributed by atoms with Crippen LogP contribution in [-0.2, 0) is 6.54 Å². The third-order valence-electron chi connectivity index (χ3n) is 5.43. The molecule has 4 heterocycles. The lowest BCUT2D eigenvalue weighted by atomic mass is 10.1. The highest BCUT2D eigenvalue weighted by Crippen LogP contribution is 2.32. The second-order valence-electron chi connectivity index (χ2n) is 8.01. The van der Waals surface area contributed by atoms with Crippen molar-refractivity contribution in [1.29, 1.82) is 0 Å². The fourth-order valence-electron chi connectivity index (χ4n) is 3.70. The number of nitrogens with zero attached hydrogens (tertiary/aromatic N) is 5. The lowest BCUT2D eigenvalue weighted by molar-refractivity contribution is 0.146. The summed E-state index contributed by atoms with van der Waals surface area (Å²) in [5.74, 6) is -1.88. The largest absolute Gasteiger partial charge is 0.475 e. The molecule has 4 aromatic heterocycles. The summed E-state index contributed by atoms with van der Waals surface area (Å²) in [7, 11) is 0. The van der Waals surface area contributed by atoms with Gasteiger partial charge in [0.1, 0.15) is 23.8 Å². The number of anilines is 1. The number of nitrogens with two attached hydrogens (primary N) is 1. The molecule has 0 spiro atoms. The molecule has 4 N–H and O–H groups in total. The molecule has 0 bridgehead atoms. The van der Waals surface area contributed by atoms with Crippen LogP contribution in [0.4, 0.5) is 23.4 Å². The second kappa shape index (κ2) is 10.8. The number of ether oxygens (including phenoxy) is 1. The molecule has 1 aromatic carbocycles. The molecular weight excluding hydrogens is 504 g/mol. The molecule has 13 heteroatoms. The number of imidazole rings is 1. The molecule has 0 aliphatic heterocycles. The molecule has 0 amide bonds. The van der Waals surface area contributed by atoms with Crippen LogP contribution in [0.5, 0.6) is 5.88 Å². The van der Waals surface area contributed by atoms with Gasteiger partial charge in [0, 0.05) is 18.3 Å². The van der Waals surface area contributed by atoms with Crippen LogP contribution in [-0.4, -0.2) is 43.1 Å². The zero-order chi connectivity index (χ0) is 26.6. The first-order chi connectivity index (χ1) is 18.4. The zero-order valence-electron chi connectivity index (χ0n) is 19.6. The number of hydrogen-bond acceptors (Lipinski definition) is 8. The minimum atomic E-state index is -2.77. The highest BCUT2D eigenvalue weighted by atomic mass is 19.3. The van der Waals surface area contributed by atoms with E-state index >= 15 is 0 Å². The number of alkyl halides is 2. The van der Waals surface area contributed by atoms with Crippen LogP contribution in [0.3, 0.4) is 0 Å². The third kappa shape index (κ3) is 5.22. The summed E-state index contributed by atoms with van der Waals surface area (Å²) in [5, 5.41) is 2.69. The average molecular weight is 524 g/mol. The first-order valence-electron chi connectivity index (χ1n) is 11.4. The number of H-pyrrole nitrogens is 1. The molecule has 0 radical (unpaired) electrons. The van der Waals surface area contributed by atoms with Gasteiger partial charge in [-0.3, -0.25) is 0 Å². The van der Waals surface area contributed by atoms with Gasteiger partial charge >= 0.3 is 0 Å². The zero-order valence-corrected chi connectivity index (χ0v) is 19.6. The van der Waals surface area contributed by atoms with Crippen LogP contribution in [0.25, 0.3) is 33.7 Å². The third-order valence-corrected chi connectivity index (χ3v) is 5.43. The summed E-state index contributed by atoms with van der Waals surface area (Å²) in [4.78, 5) is 24.3. The summed E-state index contributed by atoms with van der Waals surface area (Å²) >= 11 is 0. The van der Waals surface area contributed by atoms with Gasteiger partial charge in [-0.05, 0) is 30.3 Å². The first-order valence-corrected chi connectivity index (χ1v) is 11.4. The number of rotatable bonds is 9. The Labute approximate surface area is 213 Å². The van der Waals surface area contributed by atoms with Crippen molar-refractivity contribution < 1.29 is 22.3 Å². The number of benzene rings is 1. The van der Waals surface area contributed by atoms with Crippen molar-refractivity contribution in [3.8, 4) is 28.5 Å². The van der Waals surface area contributed by atoms with E-state index in [1.165, 1.54) is 18.3 Å². The van der Waals surface area contributed by atoms with Crippen LogP contribution in [0.1, 0.15) is 17.9 Å². The quantitative estimate of drug-likeness (QED) is 0.238. The predicted molar refractivity (Wildman–Crippen MR) is 131 cm³/mol. The minimum absolute atomic E-state index is 0.0701. The summed E-state index contributed by atoms with van der Waals surface area (Å²) in [6.45, 7) is 0.515. The van der Waals surface area contributed by atoms with Crippen molar-refractivity contribution in [1.82, 2.24) is 29.9 Å². The van der Waals surface area contributed by atoms with Gasteiger partial charge in [-0.15, -0.1) is 0 Å². The average Bonchev–Trinajstić information content (AvgIpc) is 3.36. The van der Waals surface area contributed by atoms with E-state index in [4.69, 9.17) is 10.5 Å². The van der Waals surface area contributed by atoms with Gasteiger partial charge in [0.05, 0.1) is 35.2 Å². The molecule has 5 rings (SSSR count). The van der Waals surface area contributed by atoms with Gasteiger partial charge < -0.3 is 20.8 Å². The van der Waals surface area contributed by atoms with Gasteiger partial charge in [-0.2, -0.15) is 4.39 Å². The molecule has 0 aliphatic carbocycles. The summed E-state index contributed by atoms with van der Waals surface area (Å²) in [6, 6.07) is 10.4. The maximum atomic E-state index is 14.1. The molecular formula is C25H20F4N8O. The lowest BCUT2D eigenvalue weighted by Crippen LogP contribution is -2.11. The van der Waals surface area contributed by atoms with Crippen molar-refractivity contribution in [2.75, 3.05) is 18.5 Å². The predicted octanol–water partition coefficient (Wildman–Crippen LogP) is 4.64. The Balaban J connectivity index is 1.56. The maximum Gasteiger partial charge on any atom is 0.280 e. The Morgan fingerprint density at radius 1 is 1.00 bits per heavy atom. The van der Waals surface area contributed by atoms with E-state index < -0.39 is 23.8 Å². The molecule has 0 unspecified atom stereocenters. The lowest BCUT2D eigenvalue weighted by Gasteiger charge is -2.07. The number of hydrogen-bond donors (Lipinski definition) is 3. The number of aromatic nitrogens is 6. The molecule has 0 atom stereocenters. The highest BCUT2D eigenvalue weighted by Gasteiger charge is 2.19. The van der Waals surface area contributed by atoms with E-state index in [9.17, 15) is 17.6 Å². The monoisotopic (exact) mass is 524 g/mol. The number of pyridine rings is 2. The molecule has 194 valence electrons. The Kier molecular flexibility index (Phi) is 7.09. The van der Waals surface area contributed by atoms with E-state index in [0.717, 1.165) is 12.3 Å². The smallest absolute Gasteiger partial charge is 0.280 e. The van der Waals surface area contributed by atoms with Crippen molar-refractivity contribution in [3.63, 3.8) is 0 Å². The van der Waals surface area contributed by atoms with E-state index in [1.54, 1.807) is 24.3 Å². The number of nitrogens with one attached hydrogen (secondary N) is 2. The van der Waals surface area contributed by atoms with Crippen molar-refractivity contribution in [2.24, 2.45) is 5.73 Å². The Morgan fingerprint density at radius 3 is 2.68 bits per heavy atom. The molecule has 0 aliphatic rings. The molecule has 0 saturated heterocycles. The Bertz CT molecular complexity index is 1590. The number of halogens is 4. The first kappa shape index (κ1) is 25.0. The van der Waals surface area contributed by atoms with Crippen LogP contribution in [0, 0.1) is 11.6 Å². The van der Waals surface area contributed by atoms with E-state index in [-0.39, 0.29) is 30.4 Å². The summed E-state index contributed by atoms with van der Waals surface area (Å²) < 4.78 is 59.8. The van der Waals surface area contributed by atoms with E-state index in [2.05, 4.69) is 35.2 Å². The van der Waals surface area contributed by atoms with Crippen LogP contribution >= 0.6 is 0 Å². The van der Waals surface area contributed by atoms with Crippen molar-refractivity contribution >= 4 is 16.9 Å². The SMILES string of the molecule is NCCOc1cnc2ccc(-c3[nH]c(CNc4nccc(F)c4F)nc3-c3cccc(C(F)F)n3)cc2n1. The highest BCUT2D eigenvalue weighted by molar-refractivity contribution is 5.85. The molecule has 9 nitrogen and oxygen atoms in total. The van der Waals surface area contributed by atoms with Crippen LogP contribution in [0.15, 0.2) is 54.9 Å². The fourth-order valence-corrected chi connectivity index (χ4v) is 3.70. The number of fused-ring (bicyclic) bond motifs is 1. The molecule has 0 fully saturated rings. The van der Waals surface area contributed by atoms with E-state index in [0.29, 0.717) is 40.5 Å². The van der Waals surface area contributed by atoms with E-state index in [1.807, 2.05) is 0 Å². The molecule has 0 saturated carbocycles. The van der Waals surface area contributed by atoms with Crippen molar-refractivity contribution in [2.45, 2.75) is 13.0 Å². The van der Waals surface area contributed by atoms with Gasteiger partial charge in [0.25, 0.3) is 6.43 Å². The summed E-state index contributed by atoms with van der Waals surface area (Å²) in [6.07, 6.45) is -0.160. The molecule has 38 heavy (non-hydrogen) atoms. The van der Waals surface area contributed by atoms with Gasteiger partial charge in [0.2, 0.25) is 11.7 Å². The van der Waals surface area contributed by atoms with Crippen LogP contribution in [0.2, 0.25) is 0 Å². The van der Waals surface area contributed by atoms with Gasteiger partial charge in [0.15, 0.2) is 11.6 Å². The van der Waals surface area contributed by atoms with Gasteiger partial charge in [-0.25, -0.2) is 38.1 Å². The Morgan fingerprint density at radius 2 is 1.87 bits per heavy atom. The normalized spacial score (nSPS) is 11.3. The Hall–Kier alpha value is -4.65. The standard InChI is InChI=1S/C25H20F4N8O/c26-14-6-8-31-25(21(14)27)33-11-19-36-22(23(37-19)16-2-1-3-17(34-16)24(28)29)13-4-5-15-18(10-13)35-20(12-32-15)38-9-7-30/h1-6,8,10,12,24H,7,9,11,30H2,(H,31,33)(H,36,37). The van der Waals surface area contributed by atoms with Gasteiger partial charge in [-0.1, -0.05) is 12.1 Å². The molecule has 5 aromatic rings. The number of aromatic amines is 1. The second-order valence-corrected chi connectivity index (χ2v) is 8.01. The fraction of sp³-hybridized carbons (Fsp3) is 0.160. The topological polar surface area (TPSA) is 128 Å². The maximum absolute atomic E-state index is 14.1. The van der Waals surface area contributed by atoms with Crippen LogP contribution < -0.4 is 15.8 Å². The van der Waals surface area contributed by atoms with Crippen molar-refractivity contribution in [3.05, 3.63) is 78.0 Å². The summed E-state index contributed by atoms with van der Waals surface area (Å²) in [5.41, 5.74) is 7.72. The minimum Gasteiger partial charge on any atom is -0.475 e.